The number of benzene rings is 2. The van der Waals surface area contributed by atoms with Crippen LogP contribution in [-0.4, -0.2) is 32.6 Å². The molecule has 0 bridgehead atoms. The Balaban J connectivity index is 1.64. The van der Waals surface area contributed by atoms with E-state index in [1.807, 2.05) is 19.1 Å². The molecule has 1 heterocycles. The predicted molar refractivity (Wildman–Crippen MR) is 91.2 cm³/mol. The summed E-state index contributed by atoms with van der Waals surface area (Å²) in [6, 6.07) is 12.4. The van der Waals surface area contributed by atoms with E-state index in [0.29, 0.717) is 17.5 Å². The summed E-state index contributed by atoms with van der Waals surface area (Å²) in [7, 11) is 0. The van der Waals surface area contributed by atoms with Crippen molar-refractivity contribution in [3.05, 3.63) is 59.4 Å². The largest absolute Gasteiger partial charge is 0.490 e. The van der Waals surface area contributed by atoms with Gasteiger partial charge in [0, 0.05) is 5.75 Å². The number of aromatic nitrogens is 4. The summed E-state index contributed by atoms with van der Waals surface area (Å²) in [5.74, 6) is 0.509. The van der Waals surface area contributed by atoms with Crippen LogP contribution in [0.5, 0.6) is 5.75 Å². The number of ether oxygens (including phenoxy) is 1. The third kappa shape index (κ3) is 3.56. The second kappa shape index (κ2) is 7.44. The fourth-order valence-corrected chi connectivity index (χ4v) is 2.93. The van der Waals surface area contributed by atoms with Crippen molar-refractivity contribution in [2.24, 2.45) is 0 Å². The zero-order valence-electron chi connectivity index (χ0n) is 13.4. The van der Waals surface area contributed by atoms with E-state index in [2.05, 4.69) is 28.5 Å². The molecule has 0 fully saturated rings. The van der Waals surface area contributed by atoms with Gasteiger partial charge in [-0.05, 0) is 53.6 Å². The van der Waals surface area contributed by atoms with E-state index in [-0.39, 0.29) is 11.6 Å². The minimum atomic E-state index is -0.359. The lowest BCUT2D eigenvalue weighted by atomic mass is 10.1. The minimum absolute atomic E-state index is 0.257. The van der Waals surface area contributed by atoms with Crippen molar-refractivity contribution in [1.82, 2.24) is 20.2 Å². The summed E-state index contributed by atoms with van der Waals surface area (Å²) >= 11 is 1.47. The number of tetrazole rings is 1. The quantitative estimate of drug-likeness (QED) is 0.505. The van der Waals surface area contributed by atoms with Crippen LogP contribution in [0.3, 0.4) is 0 Å². The van der Waals surface area contributed by atoms with Gasteiger partial charge in [-0.2, -0.15) is 4.68 Å². The Morgan fingerprint density at radius 2 is 1.96 bits per heavy atom. The molecule has 5 nitrogen and oxygen atoms in total. The molecule has 0 N–H and O–H groups in total. The first-order valence-corrected chi connectivity index (χ1v) is 8.50. The first kappa shape index (κ1) is 16.4. The number of halogens is 1. The molecular formula is C17H17FN4OS. The SMILES string of the molecule is Cc1cccc(-n2nnnc2SCCOc2ccccc2F)c1C. The van der Waals surface area contributed by atoms with Gasteiger partial charge in [0.25, 0.3) is 0 Å². The molecule has 3 rings (SSSR count). The van der Waals surface area contributed by atoms with E-state index in [1.165, 1.54) is 23.4 Å². The van der Waals surface area contributed by atoms with Crippen LogP contribution in [0.4, 0.5) is 4.39 Å². The third-order valence-electron chi connectivity index (χ3n) is 3.65. The molecule has 0 radical (unpaired) electrons. The van der Waals surface area contributed by atoms with Gasteiger partial charge in [-0.3, -0.25) is 0 Å². The maximum Gasteiger partial charge on any atom is 0.214 e. The number of rotatable bonds is 6. The lowest BCUT2D eigenvalue weighted by Gasteiger charge is -2.10. The lowest BCUT2D eigenvalue weighted by Crippen LogP contribution is -2.05. The van der Waals surface area contributed by atoms with Gasteiger partial charge in [-0.15, -0.1) is 5.10 Å². The highest BCUT2D eigenvalue weighted by atomic mass is 32.2. The smallest absolute Gasteiger partial charge is 0.214 e. The number of hydrogen-bond acceptors (Lipinski definition) is 5. The van der Waals surface area contributed by atoms with E-state index < -0.39 is 0 Å². The van der Waals surface area contributed by atoms with Gasteiger partial charge in [0.15, 0.2) is 11.6 Å². The summed E-state index contributed by atoms with van der Waals surface area (Å²) in [4.78, 5) is 0. The van der Waals surface area contributed by atoms with Crippen LogP contribution in [0.2, 0.25) is 0 Å². The van der Waals surface area contributed by atoms with Crippen molar-refractivity contribution >= 4 is 11.8 Å². The molecule has 0 aliphatic rings. The highest BCUT2D eigenvalue weighted by molar-refractivity contribution is 7.99. The van der Waals surface area contributed by atoms with Crippen molar-refractivity contribution in [2.75, 3.05) is 12.4 Å². The molecule has 2 aromatic carbocycles. The number of aryl methyl sites for hydroxylation is 1. The van der Waals surface area contributed by atoms with Gasteiger partial charge in [0.1, 0.15) is 0 Å². The summed E-state index contributed by atoms with van der Waals surface area (Å²) in [6.45, 7) is 4.46. The molecule has 0 saturated heterocycles. The van der Waals surface area contributed by atoms with Crippen molar-refractivity contribution in [3.8, 4) is 11.4 Å². The van der Waals surface area contributed by atoms with Crippen LogP contribution in [0, 0.1) is 19.7 Å². The number of hydrogen-bond donors (Lipinski definition) is 0. The minimum Gasteiger partial charge on any atom is -0.490 e. The third-order valence-corrected chi connectivity index (χ3v) is 4.54. The van der Waals surface area contributed by atoms with Crippen molar-refractivity contribution in [2.45, 2.75) is 19.0 Å². The monoisotopic (exact) mass is 344 g/mol. The van der Waals surface area contributed by atoms with Crippen molar-refractivity contribution < 1.29 is 9.13 Å². The first-order chi connectivity index (χ1) is 11.7. The van der Waals surface area contributed by atoms with E-state index in [4.69, 9.17) is 4.74 Å². The summed E-state index contributed by atoms with van der Waals surface area (Å²) in [6.07, 6.45) is 0. The molecule has 3 aromatic rings. The predicted octanol–water partition coefficient (Wildman–Crippen LogP) is 3.59. The Kier molecular flexibility index (Phi) is 5.10. The molecule has 0 aliphatic heterocycles. The van der Waals surface area contributed by atoms with E-state index in [9.17, 15) is 4.39 Å². The van der Waals surface area contributed by atoms with Gasteiger partial charge in [-0.1, -0.05) is 36.0 Å². The van der Waals surface area contributed by atoms with E-state index >= 15 is 0 Å². The van der Waals surface area contributed by atoms with Gasteiger partial charge >= 0.3 is 0 Å². The lowest BCUT2D eigenvalue weighted by molar-refractivity contribution is 0.325. The Hall–Kier alpha value is -2.41. The highest BCUT2D eigenvalue weighted by Crippen LogP contribution is 2.22. The number of thioether (sulfide) groups is 1. The maximum atomic E-state index is 13.5. The maximum absolute atomic E-state index is 13.5. The normalized spacial score (nSPS) is 10.8. The average molecular weight is 344 g/mol. The second-order valence-electron chi connectivity index (χ2n) is 5.22. The summed E-state index contributed by atoms with van der Waals surface area (Å²) in [5, 5.41) is 12.6. The molecule has 7 heteroatoms. The standard InChI is InChI=1S/C17H17FN4OS/c1-12-6-5-8-15(13(12)2)22-17(19-20-21-22)24-11-10-23-16-9-4-3-7-14(16)18/h3-9H,10-11H2,1-2H3. The molecule has 0 atom stereocenters. The summed E-state index contributed by atoms with van der Waals surface area (Å²) < 4.78 is 20.7. The van der Waals surface area contributed by atoms with Gasteiger partial charge < -0.3 is 4.74 Å². The molecule has 0 spiro atoms. The van der Waals surface area contributed by atoms with E-state index in [1.54, 1.807) is 22.9 Å². The van der Waals surface area contributed by atoms with Gasteiger partial charge in [-0.25, -0.2) is 4.39 Å². The van der Waals surface area contributed by atoms with E-state index in [0.717, 1.165) is 11.3 Å². The van der Waals surface area contributed by atoms with Crippen LogP contribution in [0.15, 0.2) is 47.6 Å². The zero-order valence-corrected chi connectivity index (χ0v) is 14.3. The van der Waals surface area contributed by atoms with Gasteiger partial charge in [0.05, 0.1) is 12.3 Å². The highest BCUT2D eigenvalue weighted by Gasteiger charge is 2.12. The fraction of sp³-hybridized carbons (Fsp3) is 0.235. The van der Waals surface area contributed by atoms with Crippen LogP contribution < -0.4 is 4.74 Å². The summed E-state index contributed by atoms with van der Waals surface area (Å²) in [5.41, 5.74) is 3.27. The van der Waals surface area contributed by atoms with Crippen LogP contribution in [0.25, 0.3) is 5.69 Å². The molecule has 0 saturated carbocycles. The number of para-hydroxylation sites is 1. The zero-order chi connectivity index (χ0) is 16.9. The van der Waals surface area contributed by atoms with Crippen LogP contribution in [0.1, 0.15) is 11.1 Å². The molecular weight excluding hydrogens is 327 g/mol. The molecule has 0 amide bonds. The Morgan fingerprint density at radius 1 is 1.12 bits per heavy atom. The fourth-order valence-electron chi connectivity index (χ4n) is 2.23. The van der Waals surface area contributed by atoms with Crippen molar-refractivity contribution in [1.29, 1.82) is 0 Å². The molecule has 124 valence electrons. The molecule has 24 heavy (non-hydrogen) atoms. The van der Waals surface area contributed by atoms with Crippen LogP contribution in [-0.2, 0) is 0 Å². The Labute approximate surface area is 143 Å². The number of nitrogens with zero attached hydrogens (tertiary/aromatic N) is 4. The van der Waals surface area contributed by atoms with Crippen molar-refractivity contribution in [3.63, 3.8) is 0 Å². The molecule has 0 aliphatic carbocycles. The Bertz CT molecular complexity index is 837. The molecule has 1 aromatic heterocycles. The average Bonchev–Trinajstić information content (AvgIpc) is 3.04. The second-order valence-corrected chi connectivity index (χ2v) is 6.28. The van der Waals surface area contributed by atoms with Gasteiger partial charge in [0.2, 0.25) is 5.16 Å². The first-order valence-electron chi connectivity index (χ1n) is 7.52. The van der Waals surface area contributed by atoms with Crippen LogP contribution >= 0.6 is 11.8 Å². The topological polar surface area (TPSA) is 52.8 Å². The molecule has 0 unspecified atom stereocenters. The Morgan fingerprint density at radius 3 is 2.79 bits per heavy atom.